The number of benzene rings is 1. The Morgan fingerprint density at radius 2 is 1.86 bits per heavy atom. The maximum atomic E-state index is 12.7. The number of amides is 1. The average molecular weight is 322 g/mol. The lowest BCUT2D eigenvalue weighted by Crippen LogP contribution is -2.29. The molecular weight excluding hydrogens is 309 g/mol. The van der Waals surface area contributed by atoms with Crippen molar-refractivity contribution in [1.82, 2.24) is 4.90 Å². The van der Waals surface area contributed by atoms with Crippen LogP contribution in [0.5, 0.6) is 0 Å². The Balaban J connectivity index is 2.47. The Labute approximate surface area is 119 Å². The van der Waals surface area contributed by atoms with E-state index in [4.69, 9.17) is 0 Å². The van der Waals surface area contributed by atoms with Crippen molar-refractivity contribution in [1.29, 1.82) is 0 Å². The third-order valence-electron chi connectivity index (χ3n) is 3.20. The molecule has 0 radical (unpaired) electrons. The van der Waals surface area contributed by atoms with Gasteiger partial charge in [0.2, 0.25) is 5.91 Å². The van der Waals surface area contributed by atoms with Crippen LogP contribution in [0, 0.1) is 0 Å². The maximum absolute atomic E-state index is 12.7. The molecule has 1 fully saturated rings. The molecule has 9 heteroatoms. The molecule has 0 bridgehead atoms. The first-order valence-corrected chi connectivity index (χ1v) is 7.60. The number of hydrogen-bond donors (Lipinski definition) is 0. The van der Waals surface area contributed by atoms with Gasteiger partial charge in [-0.15, -0.1) is 0 Å². The van der Waals surface area contributed by atoms with Crippen LogP contribution in [-0.4, -0.2) is 44.5 Å². The Morgan fingerprint density at radius 1 is 1.24 bits per heavy atom. The highest BCUT2D eigenvalue weighted by atomic mass is 32.2. The second-order valence-electron chi connectivity index (χ2n) is 4.51. The van der Waals surface area contributed by atoms with Crippen LogP contribution in [0.3, 0.4) is 0 Å². The van der Waals surface area contributed by atoms with E-state index in [0.29, 0.717) is 6.54 Å². The molecule has 0 aromatic heterocycles. The van der Waals surface area contributed by atoms with Crippen LogP contribution in [0.2, 0.25) is 0 Å². The van der Waals surface area contributed by atoms with Crippen LogP contribution in [0.25, 0.3) is 0 Å². The predicted molar refractivity (Wildman–Crippen MR) is 69.3 cm³/mol. The van der Waals surface area contributed by atoms with E-state index in [1.54, 1.807) is 6.92 Å². The molecule has 0 aliphatic carbocycles. The number of nitrogens with zero attached hydrogens (tertiary/aromatic N) is 2. The zero-order chi connectivity index (χ0) is 15.8. The van der Waals surface area contributed by atoms with E-state index in [-0.39, 0.29) is 24.8 Å². The summed E-state index contributed by atoms with van der Waals surface area (Å²) in [6.45, 7) is 2.07. The van der Waals surface area contributed by atoms with Crippen molar-refractivity contribution < 1.29 is 26.4 Å². The monoisotopic (exact) mass is 322 g/mol. The molecule has 0 atom stereocenters. The number of likely N-dealkylation sites (N-methyl/N-ethyl adjacent to an activating group) is 1. The van der Waals surface area contributed by atoms with Crippen molar-refractivity contribution in [3.8, 4) is 0 Å². The van der Waals surface area contributed by atoms with Gasteiger partial charge in [0.05, 0.1) is 23.8 Å². The van der Waals surface area contributed by atoms with Gasteiger partial charge in [0.1, 0.15) is 0 Å². The van der Waals surface area contributed by atoms with Crippen molar-refractivity contribution in [2.24, 2.45) is 0 Å². The summed E-state index contributed by atoms with van der Waals surface area (Å²) < 4.78 is 61.4. The highest BCUT2D eigenvalue weighted by molar-refractivity contribution is 7.92. The smallest absolute Gasteiger partial charge is 0.343 e. The second-order valence-corrected chi connectivity index (χ2v) is 6.42. The molecule has 1 aromatic carbocycles. The van der Waals surface area contributed by atoms with Crippen LogP contribution >= 0.6 is 0 Å². The van der Waals surface area contributed by atoms with Gasteiger partial charge in [0.15, 0.2) is 0 Å². The van der Waals surface area contributed by atoms with Gasteiger partial charge in [0, 0.05) is 6.54 Å². The molecule has 1 saturated heterocycles. The molecule has 1 heterocycles. The molecule has 0 saturated carbocycles. The van der Waals surface area contributed by atoms with E-state index in [1.807, 2.05) is 0 Å². The molecule has 21 heavy (non-hydrogen) atoms. The molecule has 1 aromatic rings. The van der Waals surface area contributed by atoms with Crippen molar-refractivity contribution in [3.63, 3.8) is 0 Å². The minimum Gasteiger partial charge on any atom is -0.343 e. The summed E-state index contributed by atoms with van der Waals surface area (Å²) in [6.07, 6.45) is 0. The lowest BCUT2D eigenvalue weighted by Gasteiger charge is -2.21. The normalized spacial score (nSPS) is 16.7. The summed E-state index contributed by atoms with van der Waals surface area (Å²) >= 11 is 0. The average Bonchev–Trinajstić information content (AvgIpc) is 2.78. The summed E-state index contributed by atoms with van der Waals surface area (Å²) in [7, 11) is -5.46. The molecule has 0 unspecified atom stereocenters. The number of alkyl halides is 3. The molecule has 116 valence electrons. The summed E-state index contributed by atoms with van der Waals surface area (Å²) in [6, 6.07) is 4.82. The van der Waals surface area contributed by atoms with Gasteiger partial charge in [-0.25, -0.2) is 8.42 Å². The summed E-state index contributed by atoms with van der Waals surface area (Å²) in [5.41, 5.74) is -5.49. The van der Waals surface area contributed by atoms with Gasteiger partial charge in [-0.2, -0.15) is 13.2 Å². The van der Waals surface area contributed by atoms with E-state index >= 15 is 0 Å². The summed E-state index contributed by atoms with van der Waals surface area (Å²) in [5, 5.41) is 0. The first-order valence-electron chi connectivity index (χ1n) is 6.11. The van der Waals surface area contributed by atoms with Gasteiger partial charge < -0.3 is 9.80 Å². The largest absolute Gasteiger partial charge is 0.501 e. The van der Waals surface area contributed by atoms with Crippen molar-refractivity contribution in [2.75, 3.05) is 24.7 Å². The fourth-order valence-corrected chi connectivity index (χ4v) is 3.09. The number of halogens is 3. The molecule has 0 spiro atoms. The molecule has 5 nitrogen and oxygen atoms in total. The first kappa shape index (κ1) is 15.6. The number of hydrogen-bond acceptors (Lipinski definition) is 4. The molecule has 2 rings (SSSR count). The number of carbonyl (C=O) groups excluding carboxylic acids is 1. The van der Waals surface area contributed by atoms with E-state index < -0.39 is 20.2 Å². The maximum Gasteiger partial charge on any atom is 0.501 e. The fraction of sp³-hybridized carbons (Fsp3) is 0.417. The van der Waals surface area contributed by atoms with Crippen molar-refractivity contribution in [2.45, 2.75) is 17.3 Å². The highest BCUT2D eigenvalue weighted by Crippen LogP contribution is 2.36. The topological polar surface area (TPSA) is 57.7 Å². The lowest BCUT2D eigenvalue weighted by molar-refractivity contribution is -0.126. The summed E-state index contributed by atoms with van der Waals surface area (Å²) in [5.74, 6) is -0.253. The van der Waals surface area contributed by atoms with E-state index in [0.717, 1.165) is 6.07 Å². The van der Waals surface area contributed by atoms with Crippen LogP contribution in [0.4, 0.5) is 18.9 Å². The second kappa shape index (κ2) is 5.21. The van der Waals surface area contributed by atoms with Crippen LogP contribution in [0.1, 0.15) is 6.92 Å². The van der Waals surface area contributed by atoms with Gasteiger partial charge in [-0.05, 0) is 19.1 Å². The van der Waals surface area contributed by atoms with Crippen LogP contribution < -0.4 is 4.90 Å². The predicted octanol–water partition coefficient (Wildman–Crippen LogP) is 1.61. The lowest BCUT2D eigenvalue weighted by atomic mass is 10.3. The third kappa shape index (κ3) is 2.69. The number of anilines is 1. The SMILES string of the molecule is CCN1CN(c2ccccc2S(=O)(=O)C(F)(F)F)CC1=O. The molecule has 1 aliphatic heterocycles. The van der Waals surface area contributed by atoms with Gasteiger partial charge in [-0.3, -0.25) is 4.79 Å². The van der Waals surface area contributed by atoms with Gasteiger partial charge in [-0.1, -0.05) is 12.1 Å². The summed E-state index contributed by atoms with van der Waals surface area (Å²) in [4.78, 5) is 13.6. The minimum absolute atomic E-state index is 0.0692. The van der Waals surface area contributed by atoms with Gasteiger partial charge >= 0.3 is 5.51 Å². The number of rotatable bonds is 3. The van der Waals surface area contributed by atoms with E-state index in [1.165, 1.54) is 28.0 Å². The molecule has 1 amide bonds. The van der Waals surface area contributed by atoms with Crippen molar-refractivity contribution in [3.05, 3.63) is 24.3 Å². The van der Waals surface area contributed by atoms with Crippen LogP contribution in [-0.2, 0) is 14.6 Å². The fourth-order valence-electron chi connectivity index (χ4n) is 2.11. The molecule has 0 N–H and O–H groups in total. The van der Waals surface area contributed by atoms with E-state index in [2.05, 4.69) is 0 Å². The quantitative estimate of drug-likeness (QED) is 0.848. The van der Waals surface area contributed by atoms with Crippen LogP contribution in [0.15, 0.2) is 29.2 Å². The third-order valence-corrected chi connectivity index (χ3v) is 4.74. The molecule has 1 aliphatic rings. The Bertz CT molecular complexity index is 658. The highest BCUT2D eigenvalue weighted by Gasteiger charge is 2.48. The van der Waals surface area contributed by atoms with Crippen molar-refractivity contribution >= 4 is 21.4 Å². The Kier molecular flexibility index (Phi) is 3.87. The Hall–Kier alpha value is -1.77. The zero-order valence-electron chi connectivity index (χ0n) is 11.1. The van der Waals surface area contributed by atoms with Gasteiger partial charge in [0.25, 0.3) is 9.84 Å². The minimum atomic E-state index is -5.46. The van der Waals surface area contributed by atoms with E-state index in [9.17, 15) is 26.4 Å². The first-order chi connectivity index (χ1) is 9.68. The zero-order valence-corrected chi connectivity index (χ0v) is 11.9. The number of carbonyl (C=O) groups is 1. The standard InChI is InChI=1S/C12H13F3N2O3S/c1-2-16-8-17(7-11(16)18)9-5-3-4-6-10(9)21(19,20)12(13,14)15/h3-6H,2,7-8H2,1H3. The number of para-hydroxylation sites is 1. The number of sulfone groups is 1. The molecular formula is C12H13F3N2O3S. The Morgan fingerprint density at radius 3 is 2.38 bits per heavy atom.